The quantitative estimate of drug-likeness (QED) is 0.673. The van der Waals surface area contributed by atoms with E-state index >= 15 is 0 Å². The molecule has 3 aliphatic rings. The van der Waals surface area contributed by atoms with Crippen LogP contribution in [0, 0.1) is 5.92 Å². The van der Waals surface area contributed by atoms with Crippen LogP contribution in [0.5, 0.6) is 0 Å². The van der Waals surface area contributed by atoms with Gasteiger partial charge in [-0.2, -0.15) is 0 Å². The van der Waals surface area contributed by atoms with Crippen LogP contribution in [0.1, 0.15) is 71.1 Å². The molecule has 5 atom stereocenters. The zero-order valence-electron chi connectivity index (χ0n) is 19.1. The fourth-order valence-electron chi connectivity index (χ4n) is 4.99. The Labute approximate surface area is 183 Å². The van der Waals surface area contributed by atoms with Crippen LogP contribution < -0.4 is 0 Å². The Morgan fingerprint density at radius 2 is 1.07 bits per heavy atom. The molecular formula is C24H44O6. The minimum absolute atomic E-state index is 0.172. The van der Waals surface area contributed by atoms with Gasteiger partial charge in [-0.25, -0.2) is 0 Å². The first kappa shape index (κ1) is 24.4. The highest BCUT2D eigenvalue weighted by Crippen LogP contribution is 2.32. The molecule has 2 saturated carbocycles. The smallest absolute Gasteiger partial charge is 0.0840 e. The average Bonchev–Trinajstić information content (AvgIpc) is 2.77. The Hall–Kier alpha value is -0.240. The standard InChI is InChI=1S/C24H44O6/c1-2-3-6-20-9-10-23-24(19-20)30-18-14-26-12-16-28-22-8-5-4-7-21(22)27-15-11-25-13-17-29-23/h20-24H,2-19H2,1H3. The molecule has 1 heterocycles. The van der Waals surface area contributed by atoms with Gasteiger partial charge in [-0.05, 0) is 38.0 Å². The molecule has 176 valence electrons. The minimum atomic E-state index is 0.172. The minimum Gasteiger partial charge on any atom is -0.377 e. The number of hydrogen-bond donors (Lipinski definition) is 0. The summed E-state index contributed by atoms with van der Waals surface area (Å²) >= 11 is 0. The molecule has 0 bridgehead atoms. The van der Waals surface area contributed by atoms with Crippen LogP contribution in [0.2, 0.25) is 0 Å². The van der Waals surface area contributed by atoms with E-state index in [1.807, 2.05) is 0 Å². The number of ether oxygens (including phenoxy) is 6. The monoisotopic (exact) mass is 428 g/mol. The Kier molecular flexibility index (Phi) is 12.0. The van der Waals surface area contributed by atoms with Gasteiger partial charge in [-0.1, -0.05) is 39.0 Å². The second kappa shape index (κ2) is 14.8. The number of rotatable bonds is 3. The predicted octanol–water partition coefficient (Wildman–Crippen LogP) is 4.14. The summed E-state index contributed by atoms with van der Waals surface area (Å²) in [6.07, 6.45) is 12.6. The van der Waals surface area contributed by atoms with Gasteiger partial charge in [-0.15, -0.1) is 0 Å². The normalized spacial score (nSPS) is 36.1. The van der Waals surface area contributed by atoms with E-state index in [2.05, 4.69) is 6.92 Å². The van der Waals surface area contributed by atoms with E-state index in [1.165, 1.54) is 38.5 Å². The van der Waals surface area contributed by atoms with E-state index in [1.54, 1.807) is 0 Å². The predicted molar refractivity (Wildman–Crippen MR) is 116 cm³/mol. The summed E-state index contributed by atoms with van der Waals surface area (Å²) in [7, 11) is 0. The fourth-order valence-corrected chi connectivity index (χ4v) is 4.99. The van der Waals surface area contributed by atoms with Crippen LogP contribution in [-0.2, 0) is 28.4 Å². The van der Waals surface area contributed by atoms with Gasteiger partial charge >= 0.3 is 0 Å². The van der Waals surface area contributed by atoms with Crippen LogP contribution in [-0.4, -0.2) is 77.3 Å². The van der Waals surface area contributed by atoms with Gasteiger partial charge in [0.15, 0.2) is 0 Å². The van der Waals surface area contributed by atoms with E-state index in [0.29, 0.717) is 52.9 Å². The molecule has 1 aliphatic heterocycles. The van der Waals surface area contributed by atoms with Gasteiger partial charge < -0.3 is 28.4 Å². The first-order valence-electron chi connectivity index (χ1n) is 12.5. The van der Waals surface area contributed by atoms with Gasteiger partial charge in [0.05, 0.1) is 77.3 Å². The van der Waals surface area contributed by atoms with Crippen molar-refractivity contribution in [3.63, 3.8) is 0 Å². The van der Waals surface area contributed by atoms with Crippen molar-refractivity contribution in [1.29, 1.82) is 0 Å². The molecule has 1 saturated heterocycles. The molecule has 0 aromatic heterocycles. The number of unbranched alkanes of at least 4 members (excludes halogenated alkanes) is 1. The lowest BCUT2D eigenvalue weighted by molar-refractivity contribution is -0.133. The fraction of sp³-hybridized carbons (Fsp3) is 1.00. The van der Waals surface area contributed by atoms with E-state index in [0.717, 1.165) is 31.6 Å². The van der Waals surface area contributed by atoms with Crippen molar-refractivity contribution in [2.75, 3.05) is 52.9 Å². The average molecular weight is 429 g/mol. The summed E-state index contributed by atoms with van der Waals surface area (Å²) in [5.74, 6) is 0.763. The van der Waals surface area contributed by atoms with Crippen molar-refractivity contribution in [2.45, 2.75) is 95.5 Å². The molecular weight excluding hydrogens is 384 g/mol. The molecule has 0 amide bonds. The Balaban J connectivity index is 1.45. The Morgan fingerprint density at radius 1 is 0.567 bits per heavy atom. The molecule has 0 N–H and O–H groups in total. The topological polar surface area (TPSA) is 55.4 Å². The third-order valence-electron chi connectivity index (χ3n) is 6.69. The van der Waals surface area contributed by atoms with Crippen LogP contribution in [0.3, 0.4) is 0 Å². The van der Waals surface area contributed by atoms with Crippen LogP contribution in [0.25, 0.3) is 0 Å². The molecule has 0 spiro atoms. The third kappa shape index (κ3) is 8.71. The van der Waals surface area contributed by atoms with Crippen molar-refractivity contribution < 1.29 is 28.4 Å². The summed E-state index contributed by atoms with van der Waals surface area (Å²) in [4.78, 5) is 0. The molecule has 2 aliphatic carbocycles. The van der Waals surface area contributed by atoms with Crippen LogP contribution in [0.15, 0.2) is 0 Å². The lowest BCUT2D eigenvalue weighted by Crippen LogP contribution is -2.39. The summed E-state index contributed by atoms with van der Waals surface area (Å²) in [5.41, 5.74) is 0. The molecule has 3 rings (SSSR count). The highest BCUT2D eigenvalue weighted by atomic mass is 16.6. The van der Waals surface area contributed by atoms with Crippen molar-refractivity contribution in [3.05, 3.63) is 0 Å². The third-order valence-corrected chi connectivity index (χ3v) is 6.69. The molecule has 6 heteroatoms. The highest BCUT2D eigenvalue weighted by Gasteiger charge is 2.31. The summed E-state index contributed by atoms with van der Waals surface area (Å²) in [5, 5.41) is 0. The summed E-state index contributed by atoms with van der Waals surface area (Å²) in [6, 6.07) is 0. The second-order valence-electron chi connectivity index (χ2n) is 8.97. The van der Waals surface area contributed by atoms with Gasteiger partial charge in [-0.3, -0.25) is 0 Å². The molecule has 30 heavy (non-hydrogen) atoms. The van der Waals surface area contributed by atoms with Crippen molar-refractivity contribution in [2.24, 2.45) is 5.92 Å². The van der Waals surface area contributed by atoms with Gasteiger partial charge in [0.1, 0.15) is 0 Å². The maximum atomic E-state index is 6.24. The van der Waals surface area contributed by atoms with Crippen LogP contribution in [0.4, 0.5) is 0 Å². The zero-order valence-corrected chi connectivity index (χ0v) is 19.1. The molecule has 0 aromatic carbocycles. The summed E-state index contributed by atoms with van der Waals surface area (Å²) in [6.45, 7) is 7.19. The summed E-state index contributed by atoms with van der Waals surface area (Å²) < 4.78 is 36.1. The van der Waals surface area contributed by atoms with E-state index in [4.69, 9.17) is 28.4 Å². The molecule has 3 fully saturated rings. The van der Waals surface area contributed by atoms with E-state index < -0.39 is 0 Å². The molecule has 6 nitrogen and oxygen atoms in total. The van der Waals surface area contributed by atoms with Gasteiger partial charge in [0.2, 0.25) is 0 Å². The maximum absolute atomic E-state index is 6.24. The Bertz CT molecular complexity index is 434. The zero-order chi connectivity index (χ0) is 20.9. The van der Waals surface area contributed by atoms with Gasteiger partial charge in [0, 0.05) is 0 Å². The second-order valence-corrected chi connectivity index (χ2v) is 8.97. The van der Waals surface area contributed by atoms with Crippen LogP contribution >= 0.6 is 0 Å². The largest absolute Gasteiger partial charge is 0.377 e. The van der Waals surface area contributed by atoms with Crippen molar-refractivity contribution in [1.82, 2.24) is 0 Å². The maximum Gasteiger partial charge on any atom is 0.0840 e. The van der Waals surface area contributed by atoms with Crippen molar-refractivity contribution >= 4 is 0 Å². The highest BCUT2D eigenvalue weighted by molar-refractivity contribution is 4.82. The SMILES string of the molecule is CCCCC1CCC2OCCOCCOC3CCCCC3OCCOCCOC2C1. The van der Waals surface area contributed by atoms with E-state index in [-0.39, 0.29) is 24.4 Å². The first-order chi connectivity index (χ1) is 14.9. The van der Waals surface area contributed by atoms with E-state index in [9.17, 15) is 0 Å². The molecule has 0 aromatic rings. The lowest BCUT2D eigenvalue weighted by atomic mass is 9.82. The number of fused-ring (bicyclic) bond motifs is 2. The lowest BCUT2D eigenvalue weighted by Gasteiger charge is -2.36. The molecule has 5 unspecified atom stereocenters. The number of hydrogen-bond acceptors (Lipinski definition) is 6. The van der Waals surface area contributed by atoms with Gasteiger partial charge in [0.25, 0.3) is 0 Å². The first-order valence-corrected chi connectivity index (χ1v) is 12.5. The molecule has 0 radical (unpaired) electrons. The Morgan fingerprint density at radius 3 is 1.60 bits per heavy atom. The van der Waals surface area contributed by atoms with Crippen molar-refractivity contribution in [3.8, 4) is 0 Å².